The number of benzene rings is 3. The van der Waals surface area contributed by atoms with E-state index in [9.17, 15) is 9.36 Å². The second-order valence-corrected chi connectivity index (χ2v) is 10.6. The topological polar surface area (TPSA) is 74.3 Å². The fourth-order valence-corrected chi connectivity index (χ4v) is 4.15. The van der Waals surface area contributed by atoms with E-state index in [0.717, 1.165) is 16.7 Å². The summed E-state index contributed by atoms with van der Waals surface area (Å²) in [7, 11) is -4.03. The number of hydroxylamine groups is 2. The normalized spacial score (nSPS) is 11.9. The maximum atomic E-state index is 13.5. The quantitative estimate of drug-likeness (QED) is 0.133. The van der Waals surface area contributed by atoms with Crippen LogP contribution in [-0.2, 0) is 47.5 Å². The van der Waals surface area contributed by atoms with Gasteiger partial charge in [0.15, 0.2) is 6.79 Å². The van der Waals surface area contributed by atoms with Crippen molar-refractivity contribution in [2.45, 2.75) is 47.0 Å². The van der Waals surface area contributed by atoms with Gasteiger partial charge in [-0.15, -0.1) is 0 Å². The molecule has 0 aromatic heterocycles. The van der Waals surface area contributed by atoms with Crippen LogP contribution in [0.4, 0.5) is 0 Å². The Bertz CT molecular complexity index is 1060. The molecule has 3 aromatic rings. The average molecular weight is 512 g/mol. The summed E-state index contributed by atoms with van der Waals surface area (Å²) in [6.45, 7) is 5.44. The van der Waals surface area contributed by atoms with Crippen LogP contribution < -0.4 is 0 Å². The molecule has 0 bridgehead atoms. The molecule has 36 heavy (non-hydrogen) atoms. The van der Waals surface area contributed by atoms with E-state index >= 15 is 0 Å². The lowest BCUT2D eigenvalue weighted by molar-refractivity contribution is -0.223. The summed E-state index contributed by atoms with van der Waals surface area (Å²) in [5.41, 5.74) is 1.88. The van der Waals surface area contributed by atoms with Gasteiger partial charge in [0, 0.05) is 5.41 Å². The van der Waals surface area contributed by atoms with Crippen molar-refractivity contribution in [1.29, 1.82) is 0 Å². The van der Waals surface area contributed by atoms with Gasteiger partial charge in [0.2, 0.25) is 0 Å². The lowest BCUT2D eigenvalue weighted by Gasteiger charge is -2.30. The van der Waals surface area contributed by atoms with Gasteiger partial charge in [-0.1, -0.05) is 112 Å². The van der Waals surface area contributed by atoms with E-state index in [-0.39, 0.29) is 25.7 Å². The molecule has 0 aliphatic heterocycles. The first kappa shape index (κ1) is 27.8. The van der Waals surface area contributed by atoms with Gasteiger partial charge < -0.3 is 0 Å². The summed E-state index contributed by atoms with van der Waals surface area (Å²) in [5, 5.41) is 1.25. The molecule has 3 rings (SSSR count). The van der Waals surface area contributed by atoms with Crippen molar-refractivity contribution in [1.82, 2.24) is 5.06 Å². The maximum Gasteiger partial charge on any atom is 0.477 e. The monoisotopic (exact) mass is 511 g/mol. The van der Waals surface area contributed by atoms with Crippen LogP contribution in [-0.4, -0.2) is 17.8 Å². The van der Waals surface area contributed by atoms with Gasteiger partial charge >= 0.3 is 7.82 Å². The lowest BCUT2D eigenvalue weighted by atomic mass is 9.89. The summed E-state index contributed by atoms with van der Waals surface area (Å²) in [4.78, 5) is 18.9. The van der Waals surface area contributed by atoms with Gasteiger partial charge in [0.25, 0.3) is 5.91 Å². The summed E-state index contributed by atoms with van der Waals surface area (Å²) in [5.74, 6) is -0.206. The predicted molar refractivity (Wildman–Crippen MR) is 138 cm³/mol. The smallest absolute Gasteiger partial charge is 0.282 e. The molecule has 3 aromatic carbocycles. The van der Waals surface area contributed by atoms with Crippen LogP contribution in [0.15, 0.2) is 91.0 Å². The van der Waals surface area contributed by atoms with E-state index in [1.165, 1.54) is 5.06 Å². The third kappa shape index (κ3) is 8.70. The number of rotatable bonds is 14. The number of amides is 1. The number of nitrogens with zero attached hydrogens (tertiary/aromatic N) is 1. The minimum Gasteiger partial charge on any atom is -0.282 e. The minimum absolute atomic E-state index is 0.0302. The zero-order valence-corrected chi connectivity index (χ0v) is 21.9. The molecule has 0 heterocycles. The number of hydrogen-bond donors (Lipinski definition) is 0. The van der Waals surface area contributed by atoms with Crippen LogP contribution in [0.1, 0.15) is 43.9 Å². The Morgan fingerprint density at radius 1 is 0.750 bits per heavy atom. The second-order valence-electron chi connectivity index (χ2n) is 8.91. The second kappa shape index (κ2) is 13.5. The third-order valence-corrected chi connectivity index (χ3v) is 7.05. The Labute approximate surface area is 213 Å². The first-order valence-electron chi connectivity index (χ1n) is 11.9. The third-order valence-electron chi connectivity index (χ3n) is 5.74. The fraction of sp³-hybridized carbons (Fsp3) is 0.321. The highest BCUT2D eigenvalue weighted by Gasteiger charge is 2.33. The Morgan fingerprint density at radius 2 is 1.19 bits per heavy atom. The van der Waals surface area contributed by atoms with Crippen molar-refractivity contribution in [3.63, 3.8) is 0 Å². The number of phosphoric ester groups is 1. The Kier molecular flexibility index (Phi) is 10.4. The van der Waals surface area contributed by atoms with Gasteiger partial charge in [0.05, 0.1) is 19.8 Å². The van der Waals surface area contributed by atoms with E-state index in [0.29, 0.717) is 6.42 Å². The molecule has 0 aliphatic carbocycles. The molecule has 192 valence electrons. The minimum atomic E-state index is -4.03. The van der Waals surface area contributed by atoms with Crippen LogP contribution in [0.3, 0.4) is 0 Å². The van der Waals surface area contributed by atoms with Gasteiger partial charge in [-0.2, -0.15) is 0 Å². The SMILES string of the molecule is CCC(C)(C)C(=O)N(Cc1ccccc1)OCOP(=O)(OCc1ccccc1)OCc1ccccc1. The Hall–Kier alpha value is -2.80. The maximum absolute atomic E-state index is 13.5. The molecule has 0 atom stereocenters. The van der Waals surface area contributed by atoms with Crippen LogP contribution in [0.2, 0.25) is 0 Å². The lowest BCUT2D eigenvalue weighted by Crippen LogP contribution is -2.40. The molecule has 0 fully saturated rings. The molecule has 0 aliphatic rings. The zero-order valence-electron chi connectivity index (χ0n) is 21.0. The molecule has 7 nitrogen and oxygen atoms in total. The Balaban J connectivity index is 1.69. The fourth-order valence-electron chi connectivity index (χ4n) is 3.13. The molecular weight excluding hydrogens is 477 g/mol. The first-order chi connectivity index (χ1) is 17.3. The van der Waals surface area contributed by atoms with Crippen molar-refractivity contribution < 1.29 is 27.8 Å². The first-order valence-corrected chi connectivity index (χ1v) is 13.4. The predicted octanol–water partition coefficient (Wildman–Crippen LogP) is 6.90. The largest absolute Gasteiger partial charge is 0.477 e. The number of carbonyl (C=O) groups excluding carboxylic acids is 1. The van der Waals surface area contributed by atoms with E-state index in [2.05, 4.69) is 0 Å². The van der Waals surface area contributed by atoms with Crippen molar-refractivity contribution in [3.05, 3.63) is 108 Å². The van der Waals surface area contributed by atoms with Gasteiger partial charge in [-0.05, 0) is 23.1 Å². The van der Waals surface area contributed by atoms with E-state index in [1.54, 1.807) is 0 Å². The van der Waals surface area contributed by atoms with Crippen molar-refractivity contribution in [2.24, 2.45) is 5.41 Å². The molecule has 0 unspecified atom stereocenters. The van der Waals surface area contributed by atoms with Gasteiger partial charge in [-0.3, -0.25) is 18.4 Å². The standard InChI is InChI=1S/C28H34NO6P/c1-4-28(2,3)27(30)29(20-24-14-8-5-9-15-24)32-23-35-36(31,33-21-25-16-10-6-11-17-25)34-22-26-18-12-7-13-19-26/h5-19H,4,20-23H2,1-3H3. The zero-order chi connectivity index (χ0) is 25.9. The molecular formula is C28H34NO6P. The number of hydrogen-bond acceptors (Lipinski definition) is 6. The van der Waals surface area contributed by atoms with Crippen molar-refractivity contribution >= 4 is 13.7 Å². The van der Waals surface area contributed by atoms with Crippen LogP contribution in [0.25, 0.3) is 0 Å². The van der Waals surface area contributed by atoms with E-state index < -0.39 is 20.0 Å². The van der Waals surface area contributed by atoms with Gasteiger partial charge in [0.1, 0.15) is 0 Å². The van der Waals surface area contributed by atoms with Crippen molar-refractivity contribution in [2.75, 3.05) is 6.79 Å². The summed E-state index contributed by atoms with van der Waals surface area (Å²) < 4.78 is 30.2. The van der Waals surface area contributed by atoms with E-state index in [1.807, 2.05) is 112 Å². The number of carbonyl (C=O) groups is 1. The van der Waals surface area contributed by atoms with E-state index in [4.69, 9.17) is 18.4 Å². The molecule has 0 saturated heterocycles. The molecule has 0 radical (unpaired) electrons. The highest BCUT2D eigenvalue weighted by atomic mass is 31.2. The van der Waals surface area contributed by atoms with Crippen LogP contribution in [0.5, 0.6) is 0 Å². The molecule has 0 spiro atoms. The van der Waals surface area contributed by atoms with Crippen LogP contribution in [0, 0.1) is 5.41 Å². The van der Waals surface area contributed by atoms with Gasteiger partial charge in [-0.25, -0.2) is 14.5 Å². The van der Waals surface area contributed by atoms with Crippen molar-refractivity contribution in [3.8, 4) is 0 Å². The highest BCUT2D eigenvalue weighted by Crippen LogP contribution is 2.51. The molecule has 1 amide bonds. The van der Waals surface area contributed by atoms with Crippen LogP contribution >= 0.6 is 7.82 Å². The average Bonchev–Trinajstić information content (AvgIpc) is 2.92. The molecule has 8 heteroatoms. The molecule has 0 saturated carbocycles. The number of phosphoric acid groups is 1. The molecule has 0 N–H and O–H groups in total. The summed E-state index contributed by atoms with van der Waals surface area (Å²) in [6, 6.07) is 28.1. The summed E-state index contributed by atoms with van der Waals surface area (Å²) in [6.07, 6.45) is 0.625. The highest BCUT2D eigenvalue weighted by molar-refractivity contribution is 7.48. The Morgan fingerprint density at radius 3 is 1.64 bits per heavy atom. The summed E-state index contributed by atoms with van der Waals surface area (Å²) >= 11 is 0.